The van der Waals surface area contributed by atoms with Crippen LogP contribution in [0.25, 0.3) is 0 Å². The van der Waals surface area contributed by atoms with Crippen molar-refractivity contribution in [1.29, 1.82) is 0 Å². The van der Waals surface area contributed by atoms with Crippen LogP contribution in [-0.2, 0) is 0 Å². The van der Waals surface area contributed by atoms with Crippen molar-refractivity contribution >= 4 is 5.82 Å². The lowest BCUT2D eigenvalue weighted by atomic mass is 9.94. The van der Waals surface area contributed by atoms with Gasteiger partial charge in [-0.3, -0.25) is 0 Å². The molecule has 0 spiro atoms. The summed E-state index contributed by atoms with van der Waals surface area (Å²) < 4.78 is 5.64. The highest BCUT2D eigenvalue weighted by molar-refractivity contribution is 5.42. The molecular formula is C16H28N4O. The van der Waals surface area contributed by atoms with E-state index in [1.807, 2.05) is 6.07 Å². The smallest absolute Gasteiger partial charge is 0.218 e. The molecule has 21 heavy (non-hydrogen) atoms. The maximum Gasteiger partial charge on any atom is 0.218 e. The van der Waals surface area contributed by atoms with E-state index in [2.05, 4.69) is 21.8 Å². The second-order valence-electron chi connectivity index (χ2n) is 5.69. The summed E-state index contributed by atoms with van der Waals surface area (Å²) in [4.78, 5) is 11.1. The molecule has 0 aliphatic heterocycles. The summed E-state index contributed by atoms with van der Waals surface area (Å²) in [6.07, 6.45) is 10.1. The van der Waals surface area contributed by atoms with Crippen LogP contribution in [0.3, 0.4) is 0 Å². The van der Waals surface area contributed by atoms with Gasteiger partial charge in [-0.25, -0.2) is 9.97 Å². The Balaban J connectivity index is 2.10. The molecule has 1 aromatic rings. The van der Waals surface area contributed by atoms with E-state index in [1.165, 1.54) is 32.1 Å². The number of hydrogen-bond acceptors (Lipinski definition) is 5. The van der Waals surface area contributed by atoms with Crippen LogP contribution in [0.4, 0.5) is 5.82 Å². The van der Waals surface area contributed by atoms with E-state index >= 15 is 0 Å². The molecule has 0 amide bonds. The third-order valence-corrected chi connectivity index (χ3v) is 3.99. The van der Waals surface area contributed by atoms with E-state index in [9.17, 15) is 0 Å². The average Bonchev–Trinajstić information content (AvgIpc) is 2.55. The van der Waals surface area contributed by atoms with Crippen LogP contribution in [0.15, 0.2) is 12.4 Å². The largest absolute Gasteiger partial charge is 0.478 e. The van der Waals surface area contributed by atoms with Gasteiger partial charge in [0.15, 0.2) is 0 Å². The van der Waals surface area contributed by atoms with E-state index in [4.69, 9.17) is 10.5 Å². The van der Waals surface area contributed by atoms with E-state index in [0.717, 1.165) is 25.2 Å². The highest BCUT2D eigenvalue weighted by atomic mass is 16.5. The quantitative estimate of drug-likeness (QED) is 0.798. The first-order valence-corrected chi connectivity index (χ1v) is 8.26. The summed E-state index contributed by atoms with van der Waals surface area (Å²) in [7, 11) is 0. The minimum absolute atomic E-state index is 0.583. The van der Waals surface area contributed by atoms with Gasteiger partial charge in [0.2, 0.25) is 5.88 Å². The molecule has 1 aliphatic carbocycles. The molecule has 1 heterocycles. The number of aromatic nitrogens is 2. The molecule has 1 aromatic heterocycles. The predicted molar refractivity (Wildman–Crippen MR) is 85.7 cm³/mol. The van der Waals surface area contributed by atoms with Crippen molar-refractivity contribution in [2.24, 2.45) is 5.73 Å². The molecule has 5 nitrogen and oxygen atoms in total. The fraction of sp³-hybridized carbons (Fsp3) is 0.750. The fourth-order valence-electron chi connectivity index (χ4n) is 2.91. The van der Waals surface area contributed by atoms with Gasteiger partial charge in [0.25, 0.3) is 0 Å². The highest BCUT2D eigenvalue weighted by Crippen LogP contribution is 2.27. The fourth-order valence-corrected chi connectivity index (χ4v) is 2.91. The Bertz CT molecular complexity index is 407. The molecule has 0 radical (unpaired) electrons. The number of anilines is 1. The molecule has 1 saturated carbocycles. The van der Waals surface area contributed by atoms with Crippen LogP contribution in [-0.4, -0.2) is 35.7 Å². The van der Waals surface area contributed by atoms with Crippen molar-refractivity contribution in [3.05, 3.63) is 12.4 Å². The molecule has 0 saturated heterocycles. The molecular weight excluding hydrogens is 264 g/mol. The van der Waals surface area contributed by atoms with Gasteiger partial charge >= 0.3 is 0 Å². The van der Waals surface area contributed by atoms with Crippen LogP contribution in [0.1, 0.15) is 51.9 Å². The molecule has 5 heteroatoms. The van der Waals surface area contributed by atoms with Crippen LogP contribution < -0.4 is 15.4 Å². The monoisotopic (exact) mass is 292 g/mol. The number of nitrogens with zero attached hydrogens (tertiary/aromatic N) is 3. The van der Waals surface area contributed by atoms with E-state index < -0.39 is 0 Å². The summed E-state index contributed by atoms with van der Waals surface area (Å²) in [5.41, 5.74) is 5.70. The molecule has 0 bridgehead atoms. The predicted octanol–water partition coefficient (Wildman–Crippen LogP) is 2.75. The molecule has 1 aliphatic rings. The maximum atomic E-state index is 5.70. The first-order chi connectivity index (χ1) is 10.3. The number of nitrogens with two attached hydrogens (primary N) is 1. The first-order valence-electron chi connectivity index (χ1n) is 8.26. The second kappa shape index (κ2) is 8.82. The normalized spacial score (nSPS) is 15.9. The van der Waals surface area contributed by atoms with Gasteiger partial charge in [0, 0.05) is 18.7 Å². The van der Waals surface area contributed by atoms with Gasteiger partial charge in [-0.15, -0.1) is 0 Å². The summed E-state index contributed by atoms with van der Waals surface area (Å²) in [5, 5.41) is 0. The molecule has 118 valence electrons. The van der Waals surface area contributed by atoms with E-state index in [0.29, 0.717) is 25.1 Å². The van der Waals surface area contributed by atoms with Crippen molar-refractivity contribution in [2.75, 3.05) is 24.6 Å². The molecule has 0 aromatic carbocycles. The van der Waals surface area contributed by atoms with Crippen LogP contribution in [0, 0.1) is 0 Å². The second-order valence-corrected chi connectivity index (χ2v) is 5.69. The minimum Gasteiger partial charge on any atom is -0.478 e. The molecule has 2 rings (SSSR count). The van der Waals surface area contributed by atoms with Gasteiger partial charge in [0.05, 0.1) is 6.61 Å². The third kappa shape index (κ3) is 4.84. The standard InChI is InChI=1S/C16H28N4O/c1-2-11-21-16-12-15(18-13-19-16)20(10-6-9-17)14-7-4-3-5-8-14/h12-14H,2-11,17H2,1H3. The zero-order valence-electron chi connectivity index (χ0n) is 13.1. The van der Waals surface area contributed by atoms with Gasteiger partial charge in [-0.1, -0.05) is 26.2 Å². The van der Waals surface area contributed by atoms with Crippen molar-refractivity contribution < 1.29 is 4.74 Å². The summed E-state index contributed by atoms with van der Waals surface area (Å²) in [6, 6.07) is 2.56. The zero-order chi connectivity index (χ0) is 14.9. The number of ether oxygens (including phenoxy) is 1. The van der Waals surface area contributed by atoms with Crippen LogP contribution in [0.5, 0.6) is 5.88 Å². The Morgan fingerprint density at radius 1 is 1.29 bits per heavy atom. The Kier molecular flexibility index (Phi) is 6.73. The van der Waals surface area contributed by atoms with Crippen molar-refractivity contribution in [3.8, 4) is 5.88 Å². The van der Waals surface area contributed by atoms with E-state index in [1.54, 1.807) is 6.33 Å². The lowest BCUT2D eigenvalue weighted by Crippen LogP contribution is -2.38. The van der Waals surface area contributed by atoms with Gasteiger partial charge in [0.1, 0.15) is 12.1 Å². The SMILES string of the molecule is CCCOc1cc(N(CCCN)C2CCCCC2)ncn1. The molecule has 0 unspecified atom stereocenters. The zero-order valence-corrected chi connectivity index (χ0v) is 13.1. The summed E-state index contributed by atoms with van der Waals surface area (Å²) >= 11 is 0. The Morgan fingerprint density at radius 2 is 2.10 bits per heavy atom. The molecule has 2 N–H and O–H groups in total. The Morgan fingerprint density at radius 3 is 2.81 bits per heavy atom. The third-order valence-electron chi connectivity index (χ3n) is 3.99. The number of hydrogen-bond donors (Lipinski definition) is 1. The van der Waals surface area contributed by atoms with Crippen molar-refractivity contribution in [3.63, 3.8) is 0 Å². The minimum atomic E-state index is 0.583. The summed E-state index contributed by atoms with van der Waals surface area (Å²) in [5.74, 6) is 1.66. The molecule has 1 fully saturated rings. The topological polar surface area (TPSA) is 64.3 Å². The van der Waals surface area contributed by atoms with Crippen molar-refractivity contribution in [2.45, 2.75) is 57.9 Å². The average molecular weight is 292 g/mol. The summed E-state index contributed by atoms with van der Waals surface area (Å²) in [6.45, 7) is 4.47. The number of rotatable bonds is 8. The van der Waals surface area contributed by atoms with Gasteiger partial charge in [-0.05, 0) is 32.2 Å². The van der Waals surface area contributed by atoms with E-state index in [-0.39, 0.29) is 0 Å². The Labute approximate surface area is 127 Å². The lowest BCUT2D eigenvalue weighted by molar-refractivity contribution is 0.304. The molecule has 0 atom stereocenters. The van der Waals surface area contributed by atoms with Gasteiger partial charge in [-0.2, -0.15) is 0 Å². The highest BCUT2D eigenvalue weighted by Gasteiger charge is 2.22. The van der Waals surface area contributed by atoms with Crippen LogP contribution >= 0.6 is 0 Å². The lowest BCUT2D eigenvalue weighted by Gasteiger charge is -2.35. The first kappa shape index (κ1) is 16.0. The Hall–Kier alpha value is -1.36. The van der Waals surface area contributed by atoms with Gasteiger partial charge < -0.3 is 15.4 Å². The van der Waals surface area contributed by atoms with Crippen LogP contribution in [0.2, 0.25) is 0 Å². The van der Waals surface area contributed by atoms with Crippen molar-refractivity contribution in [1.82, 2.24) is 9.97 Å². The maximum absolute atomic E-state index is 5.70.